The average Bonchev–Trinajstić information content (AvgIpc) is 0.722. The van der Waals surface area contributed by atoms with Gasteiger partial charge in [0.05, 0.1) is 0 Å². The molecule has 0 aromatic carbocycles. The standard InChI is InChI=1S/H11Si5/c1-5(2,3)4/h1H2,2-4H3. The molecule has 0 N–H and O–H groups in total. The predicted octanol–water partition coefficient (Wildman–Crippen LogP) is -4.85. The van der Waals surface area contributed by atoms with Crippen LogP contribution in [-0.4, -0.2) is 45.2 Å². The summed E-state index contributed by atoms with van der Waals surface area (Å²) < 4.78 is 0. The quantitative estimate of drug-likeness (QED) is 0.305. The molecule has 0 spiro atoms. The Labute approximate surface area is 45.6 Å². The highest BCUT2D eigenvalue weighted by Crippen LogP contribution is 1.62. The van der Waals surface area contributed by atoms with E-state index in [2.05, 4.69) is 9.76 Å². The second kappa shape index (κ2) is 1.69. The Morgan fingerprint density at radius 3 is 1.20 bits per heavy atom. The maximum Gasteiger partial charge on any atom is -0.00631 e. The Hall–Kier alpha value is 1.08. The van der Waals surface area contributed by atoms with E-state index < -0.39 is 0 Å². The lowest BCUT2D eigenvalue weighted by Gasteiger charge is -2.01. The van der Waals surface area contributed by atoms with Gasteiger partial charge < -0.3 is 0 Å². The smallest absolute Gasteiger partial charge is 0.00631 e. The highest BCUT2D eigenvalue weighted by atomic mass is 30.1. The van der Waals surface area contributed by atoms with Crippen LogP contribution in [0, 0.1) is 0 Å². The summed E-state index contributed by atoms with van der Waals surface area (Å²) in [6.07, 6.45) is -0.167. The van der Waals surface area contributed by atoms with Crippen LogP contribution in [0.5, 0.6) is 0 Å². The van der Waals surface area contributed by atoms with Gasteiger partial charge in [0.15, 0.2) is 0 Å². The highest BCUT2D eigenvalue weighted by molar-refractivity contribution is 7.76. The van der Waals surface area contributed by atoms with Crippen molar-refractivity contribution in [1.29, 1.82) is 0 Å². The Morgan fingerprint density at radius 1 is 1.20 bits per heavy atom. The fourth-order valence-corrected chi connectivity index (χ4v) is 0. The molecule has 0 aliphatic heterocycles. The molecule has 5 heavy (non-hydrogen) atoms. The van der Waals surface area contributed by atoms with E-state index in [1.54, 1.807) is 29.3 Å². The van der Waals surface area contributed by atoms with Crippen LogP contribution in [-0.2, 0) is 0 Å². The molecule has 0 atom stereocenters. The van der Waals surface area contributed by atoms with Crippen LogP contribution in [0.1, 0.15) is 0 Å². The second-order valence-electron chi connectivity index (χ2n) is 2.56. The average molecular weight is 152 g/mol. The third kappa shape index (κ3) is 41.1. The Kier molecular flexibility index (Phi) is 2.06. The minimum atomic E-state index is -0.167. The first kappa shape index (κ1) is 6.08. The van der Waals surface area contributed by atoms with Crippen molar-refractivity contribution in [1.82, 2.24) is 0 Å². The summed E-state index contributed by atoms with van der Waals surface area (Å²) in [6, 6.07) is 0. The molecule has 0 fully saturated rings. The summed E-state index contributed by atoms with van der Waals surface area (Å²) in [4.78, 5) is 0. The molecular formula is H11Si5. The van der Waals surface area contributed by atoms with Crippen molar-refractivity contribution in [3.05, 3.63) is 0 Å². The molecule has 0 heterocycles. The van der Waals surface area contributed by atoms with Crippen LogP contribution in [0.2, 0.25) is 0 Å². The zero-order valence-corrected chi connectivity index (χ0v) is 12.6. The molecule has 0 amide bonds. The van der Waals surface area contributed by atoms with E-state index in [9.17, 15) is 0 Å². The normalized spacial score (nSPS) is 23.4. The Balaban J connectivity index is 3.02. The van der Waals surface area contributed by atoms with Gasteiger partial charge in [-0.1, -0.05) is 0 Å². The summed E-state index contributed by atoms with van der Waals surface area (Å²) in [5.74, 6) is 0. The van der Waals surface area contributed by atoms with E-state index in [0.717, 1.165) is 0 Å². The van der Waals surface area contributed by atoms with Crippen molar-refractivity contribution in [3.8, 4) is 0 Å². The summed E-state index contributed by atoms with van der Waals surface area (Å²) in [6.45, 7) is 0. The van der Waals surface area contributed by atoms with Crippen LogP contribution < -0.4 is 0 Å². The summed E-state index contributed by atoms with van der Waals surface area (Å²) in [5, 5.41) is 0. The highest BCUT2D eigenvalue weighted by Gasteiger charge is 1.99. The lowest BCUT2D eigenvalue weighted by atomic mass is 26.1. The van der Waals surface area contributed by atoms with Gasteiger partial charge in [-0.3, -0.25) is 0 Å². The third-order valence-corrected chi connectivity index (χ3v) is 0. The van der Waals surface area contributed by atoms with Gasteiger partial charge in [0, 0.05) is 0 Å². The van der Waals surface area contributed by atoms with E-state index >= 15 is 0 Å². The minimum absolute atomic E-state index is 0.167. The molecule has 0 unspecified atom stereocenters. The minimum Gasteiger partial charge on any atom is -0.0110 e. The lowest BCUT2D eigenvalue weighted by molar-refractivity contribution is 3.76. The summed E-state index contributed by atoms with van der Waals surface area (Å²) in [5.41, 5.74) is 0. The van der Waals surface area contributed by atoms with E-state index in [4.69, 9.17) is 0 Å². The van der Waals surface area contributed by atoms with Crippen LogP contribution >= 0.6 is 0 Å². The maximum absolute atomic E-state index is 2.34. The molecule has 0 aliphatic rings. The van der Waals surface area contributed by atoms with E-state index in [-0.39, 0.29) is 6.14 Å². The molecule has 1 radical (unpaired) electrons. The molecule has 0 bridgehead atoms. The van der Waals surface area contributed by atoms with Crippen molar-refractivity contribution in [2.45, 2.75) is 0 Å². The van der Waals surface area contributed by atoms with Crippen LogP contribution in [0.4, 0.5) is 0 Å². The second-order valence-corrected chi connectivity index (χ2v) is 69.1. The van der Waals surface area contributed by atoms with Gasteiger partial charge >= 0.3 is 0 Å². The van der Waals surface area contributed by atoms with Gasteiger partial charge in [-0.15, -0.1) is 0 Å². The van der Waals surface area contributed by atoms with Crippen LogP contribution in [0.25, 0.3) is 0 Å². The number of rotatable bonds is 0. The van der Waals surface area contributed by atoms with Gasteiger partial charge in [0.25, 0.3) is 0 Å². The number of hydrogen-bond donors (Lipinski definition) is 0. The Bertz CT molecular complexity index is 15.5. The van der Waals surface area contributed by atoms with Crippen LogP contribution in [0.15, 0.2) is 0 Å². The van der Waals surface area contributed by atoms with Crippen molar-refractivity contribution in [2.75, 3.05) is 0 Å². The first-order valence-electron chi connectivity index (χ1n) is 1.85. The largest absolute Gasteiger partial charge is 0.0110 e. The molecule has 0 aromatic heterocycles. The Morgan fingerprint density at radius 2 is 1.20 bits per heavy atom. The molecule has 0 saturated heterocycles. The SMILES string of the molecule is [SiH2][Si]([SiH3])([SiH3])[SiH3]. The lowest BCUT2D eigenvalue weighted by Crippen LogP contribution is -2.38. The first-order valence-corrected chi connectivity index (χ1v) is 16.7. The fraction of sp³-hybridized carbons (Fsp3) is 0. The third-order valence-electron chi connectivity index (χ3n) is 0. The fourth-order valence-electron chi connectivity index (χ4n) is 0. The van der Waals surface area contributed by atoms with Crippen molar-refractivity contribution < 1.29 is 0 Å². The molecule has 0 aromatic rings. The number of hydrogen-bond acceptors (Lipinski definition) is 0. The molecule has 0 saturated carbocycles. The predicted molar refractivity (Wildman–Crippen MR) is 44.1 cm³/mol. The van der Waals surface area contributed by atoms with E-state index in [0.29, 0.717) is 0 Å². The molecule has 0 rings (SSSR count). The van der Waals surface area contributed by atoms with Crippen molar-refractivity contribution in [2.24, 2.45) is 0 Å². The monoisotopic (exact) mass is 151 g/mol. The maximum atomic E-state index is 2.34. The first-order chi connectivity index (χ1) is 2.00. The molecule has 5 heteroatoms. The van der Waals surface area contributed by atoms with Crippen molar-refractivity contribution >= 4 is 45.2 Å². The molecule has 31 valence electrons. The molecule has 0 aliphatic carbocycles. The molecular weight excluding hydrogens is 140 g/mol. The van der Waals surface area contributed by atoms with Gasteiger partial charge in [-0.2, -0.15) is 0 Å². The topological polar surface area (TPSA) is 0 Å². The molecule has 0 nitrogen and oxygen atoms in total. The van der Waals surface area contributed by atoms with Gasteiger partial charge in [0.1, 0.15) is 0 Å². The van der Waals surface area contributed by atoms with Gasteiger partial charge in [-0.25, -0.2) is 0 Å². The van der Waals surface area contributed by atoms with Crippen molar-refractivity contribution in [3.63, 3.8) is 0 Å². The summed E-state index contributed by atoms with van der Waals surface area (Å²) in [7, 11) is 7.08. The van der Waals surface area contributed by atoms with E-state index in [1.165, 1.54) is 0 Å². The van der Waals surface area contributed by atoms with E-state index in [1.807, 2.05) is 0 Å². The van der Waals surface area contributed by atoms with Crippen LogP contribution in [0.3, 0.4) is 0 Å². The zero-order valence-electron chi connectivity index (χ0n) is 4.21. The van der Waals surface area contributed by atoms with Gasteiger partial charge in [-0.05, 0) is 45.2 Å². The van der Waals surface area contributed by atoms with Gasteiger partial charge in [0.2, 0.25) is 0 Å². The zero-order chi connectivity index (χ0) is 4.50. The summed E-state index contributed by atoms with van der Waals surface area (Å²) >= 11 is 0.